The van der Waals surface area contributed by atoms with Crippen molar-refractivity contribution in [3.05, 3.63) is 0 Å². The fourth-order valence-electron chi connectivity index (χ4n) is 0.353. The lowest BCUT2D eigenvalue weighted by Gasteiger charge is -2.20. The summed E-state index contributed by atoms with van der Waals surface area (Å²) in [7, 11) is -4.51. The maximum Gasteiger partial charge on any atom is 0.328 e. The van der Waals surface area contributed by atoms with Crippen LogP contribution in [0.1, 0.15) is 0 Å². The smallest absolute Gasteiger partial charge is 0.328 e. The van der Waals surface area contributed by atoms with E-state index in [0.717, 1.165) is 0 Å². The van der Waals surface area contributed by atoms with Crippen LogP contribution in [0, 0.1) is 0 Å². The zero-order valence-corrected chi connectivity index (χ0v) is 9.01. The SMILES string of the molecule is C[Si](C)(O)CO[Si](C)(C)O. The first-order valence-electron chi connectivity index (χ1n) is 3.29. The lowest BCUT2D eigenvalue weighted by molar-refractivity contribution is 0.268. The third-order valence-corrected chi connectivity index (χ3v) is 2.77. The van der Waals surface area contributed by atoms with Gasteiger partial charge in [-0.05, 0) is 26.2 Å². The van der Waals surface area contributed by atoms with Crippen molar-refractivity contribution in [2.45, 2.75) is 26.2 Å². The molecule has 0 saturated heterocycles. The highest BCUT2D eigenvalue weighted by Crippen LogP contribution is 2.03. The highest BCUT2D eigenvalue weighted by Gasteiger charge is 2.25. The van der Waals surface area contributed by atoms with Crippen LogP contribution in [-0.2, 0) is 4.43 Å². The van der Waals surface area contributed by atoms with Gasteiger partial charge in [0.1, 0.15) is 0 Å². The molecule has 0 atom stereocenters. The molecule has 0 bridgehead atoms. The molecule has 0 fully saturated rings. The van der Waals surface area contributed by atoms with Crippen LogP contribution < -0.4 is 0 Å². The van der Waals surface area contributed by atoms with Crippen molar-refractivity contribution in [2.24, 2.45) is 0 Å². The quantitative estimate of drug-likeness (QED) is 0.619. The van der Waals surface area contributed by atoms with Crippen LogP contribution in [0.15, 0.2) is 0 Å². The molecule has 0 amide bonds. The molecule has 0 aromatic rings. The van der Waals surface area contributed by atoms with Gasteiger partial charge in [0, 0.05) is 0 Å². The first-order chi connectivity index (χ1) is 4.21. The average Bonchev–Trinajstić information content (AvgIpc) is 1.57. The van der Waals surface area contributed by atoms with E-state index in [0.29, 0.717) is 6.23 Å². The van der Waals surface area contributed by atoms with Gasteiger partial charge >= 0.3 is 8.56 Å². The zero-order chi connectivity index (χ0) is 8.41. The van der Waals surface area contributed by atoms with Crippen LogP contribution in [0.25, 0.3) is 0 Å². The summed E-state index contributed by atoms with van der Waals surface area (Å²) in [6, 6.07) is 0. The van der Waals surface area contributed by atoms with E-state index in [1.807, 2.05) is 0 Å². The Morgan fingerprint density at radius 2 is 1.50 bits per heavy atom. The van der Waals surface area contributed by atoms with Gasteiger partial charge in [0.25, 0.3) is 0 Å². The predicted octanol–water partition coefficient (Wildman–Crippen LogP) is 0.434. The van der Waals surface area contributed by atoms with Gasteiger partial charge in [0.15, 0.2) is 0 Å². The maximum atomic E-state index is 9.31. The second kappa shape index (κ2) is 3.14. The summed E-state index contributed by atoms with van der Waals surface area (Å²) in [5.74, 6) is 0. The molecule has 0 saturated carbocycles. The molecule has 62 valence electrons. The molecule has 0 aromatic heterocycles. The molecular formula is C5H16O3Si2. The van der Waals surface area contributed by atoms with E-state index in [1.165, 1.54) is 0 Å². The molecular weight excluding hydrogens is 164 g/mol. The van der Waals surface area contributed by atoms with Crippen LogP contribution in [0.4, 0.5) is 0 Å². The van der Waals surface area contributed by atoms with E-state index in [1.54, 1.807) is 26.2 Å². The van der Waals surface area contributed by atoms with Gasteiger partial charge in [0.2, 0.25) is 8.32 Å². The van der Waals surface area contributed by atoms with Crippen molar-refractivity contribution < 1.29 is 14.0 Å². The standard InChI is InChI=1S/C5H16O3Si2/c1-9(2,6)5-8-10(3,4)7/h6-7H,5H2,1-4H3. The minimum Gasteiger partial charge on any atom is -0.430 e. The monoisotopic (exact) mass is 180 g/mol. The fourth-order valence-corrected chi connectivity index (χ4v) is 3.18. The summed E-state index contributed by atoms with van der Waals surface area (Å²) in [5, 5.41) is 0. The molecule has 0 radical (unpaired) electrons. The van der Waals surface area contributed by atoms with Gasteiger partial charge in [0.05, 0.1) is 6.23 Å². The summed E-state index contributed by atoms with van der Waals surface area (Å²) < 4.78 is 5.10. The van der Waals surface area contributed by atoms with E-state index in [2.05, 4.69) is 0 Å². The van der Waals surface area contributed by atoms with Gasteiger partial charge in [-0.1, -0.05) is 0 Å². The molecule has 0 spiro atoms. The number of rotatable bonds is 3. The van der Waals surface area contributed by atoms with Crippen molar-refractivity contribution >= 4 is 16.9 Å². The lowest BCUT2D eigenvalue weighted by Crippen LogP contribution is -2.40. The van der Waals surface area contributed by atoms with Crippen molar-refractivity contribution in [1.29, 1.82) is 0 Å². The van der Waals surface area contributed by atoms with Crippen molar-refractivity contribution in [1.82, 2.24) is 0 Å². The van der Waals surface area contributed by atoms with Crippen LogP contribution >= 0.6 is 0 Å². The highest BCUT2D eigenvalue weighted by molar-refractivity contribution is 6.71. The Balaban J connectivity index is 3.56. The molecule has 0 aliphatic carbocycles. The highest BCUT2D eigenvalue weighted by atomic mass is 28.4. The van der Waals surface area contributed by atoms with E-state index < -0.39 is 16.9 Å². The van der Waals surface area contributed by atoms with E-state index in [9.17, 15) is 9.59 Å². The largest absolute Gasteiger partial charge is 0.430 e. The molecule has 0 aliphatic heterocycles. The minimum atomic E-state index is -2.39. The Morgan fingerprint density at radius 1 is 1.10 bits per heavy atom. The number of hydrogen-bond acceptors (Lipinski definition) is 3. The molecule has 0 rings (SSSR count). The Kier molecular flexibility index (Phi) is 3.24. The van der Waals surface area contributed by atoms with Crippen molar-refractivity contribution in [3.8, 4) is 0 Å². The minimum absolute atomic E-state index is 0.336. The van der Waals surface area contributed by atoms with Gasteiger partial charge in [-0.15, -0.1) is 0 Å². The molecule has 10 heavy (non-hydrogen) atoms. The summed E-state index contributed by atoms with van der Waals surface area (Å²) >= 11 is 0. The van der Waals surface area contributed by atoms with Gasteiger partial charge in [-0.2, -0.15) is 0 Å². The Morgan fingerprint density at radius 3 is 1.60 bits per heavy atom. The Hall–Kier alpha value is 0.314. The Bertz CT molecular complexity index is 88.4. The van der Waals surface area contributed by atoms with Gasteiger partial charge in [-0.3, -0.25) is 0 Å². The van der Waals surface area contributed by atoms with Crippen LogP contribution in [0.2, 0.25) is 26.2 Å². The average molecular weight is 180 g/mol. The molecule has 2 N–H and O–H groups in total. The lowest BCUT2D eigenvalue weighted by atomic mass is 11.7. The summed E-state index contributed by atoms with van der Waals surface area (Å²) in [6.45, 7) is 6.94. The molecule has 0 aliphatic rings. The van der Waals surface area contributed by atoms with Crippen LogP contribution in [0.3, 0.4) is 0 Å². The topological polar surface area (TPSA) is 49.7 Å². The number of hydrogen-bond donors (Lipinski definition) is 2. The molecule has 0 unspecified atom stereocenters. The summed E-state index contributed by atoms with van der Waals surface area (Å²) in [4.78, 5) is 18.5. The van der Waals surface area contributed by atoms with Crippen LogP contribution in [0.5, 0.6) is 0 Å². The van der Waals surface area contributed by atoms with Gasteiger partial charge in [-0.25, -0.2) is 0 Å². The van der Waals surface area contributed by atoms with E-state index >= 15 is 0 Å². The third kappa shape index (κ3) is 8.31. The summed E-state index contributed by atoms with van der Waals surface area (Å²) in [6.07, 6.45) is 0.336. The maximum absolute atomic E-state index is 9.31. The first-order valence-corrected chi connectivity index (χ1v) is 9.30. The third-order valence-electron chi connectivity index (χ3n) is 0.779. The van der Waals surface area contributed by atoms with Crippen molar-refractivity contribution in [3.63, 3.8) is 0 Å². The van der Waals surface area contributed by atoms with Gasteiger partial charge < -0.3 is 14.0 Å². The molecule has 3 nitrogen and oxygen atoms in total. The van der Waals surface area contributed by atoms with Crippen molar-refractivity contribution in [2.75, 3.05) is 6.23 Å². The zero-order valence-electron chi connectivity index (χ0n) is 7.01. The Labute approximate surface area is 64.0 Å². The molecule has 5 heteroatoms. The second-order valence-corrected chi connectivity index (χ2v) is 10.6. The van der Waals surface area contributed by atoms with Crippen LogP contribution in [-0.4, -0.2) is 32.7 Å². The normalized spacial score (nSPS) is 13.8. The predicted molar refractivity (Wildman–Crippen MR) is 45.4 cm³/mol. The molecule has 0 aromatic carbocycles. The fraction of sp³-hybridized carbons (Fsp3) is 1.00. The second-order valence-electron chi connectivity index (χ2n) is 3.55. The summed E-state index contributed by atoms with van der Waals surface area (Å²) in [5.41, 5.74) is 0. The molecule has 0 heterocycles. The first kappa shape index (κ1) is 10.3. The van der Waals surface area contributed by atoms with E-state index in [4.69, 9.17) is 4.43 Å². The van der Waals surface area contributed by atoms with E-state index in [-0.39, 0.29) is 0 Å².